The molecule has 2 heterocycles. The van der Waals surface area contributed by atoms with E-state index in [-0.39, 0.29) is 6.61 Å². The molecule has 0 aliphatic carbocycles. The van der Waals surface area contributed by atoms with Gasteiger partial charge in [0.15, 0.2) is 5.79 Å². The van der Waals surface area contributed by atoms with Crippen LogP contribution < -0.4 is 0 Å². The van der Waals surface area contributed by atoms with Gasteiger partial charge in [-0.3, -0.25) is 0 Å². The zero-order valence-corrected chi connectivity index (χ0v) is 11.4. The maximum absolute atomic E-state index is 9.68. The fraction of sp³-hybridized carbons (Fsp3) is 1.00. The SMILES string of the molecule is CC.CC1(C)OC(C(O)CO)C2OCC(O)C2O1. The minimum Gasteiger partial charge on any atom is -0.394 e. The minimum atomic E-state index is -1.04. The highest BCUT2D eigenvalue weighted by Crippen LogP contribution is 2.35. The Kier molecular flexibility index (Phi) is 5.51. The Bertz CT molecular complexity index is 257. The number of hydrogen-bond acceptors (Lipinski definition) is 6. The van der Waals surface area contributed by atoms with E-state index in [0.717, 1.165) is 0 Å². The van der Waals surface area contributed by atoms with Crippen LogP contribution in [-0.2, 0) is 14.2 Å². The van der Waals surface area contributed by atoms with E-state index in [2.05, 4.69) is 0 Å². The van der Waals surface area contributed by atoms with Gasteiger partial charge in [0, 0.05) is 0 Å². The monoisotopic (exact) mass is 264 g/mol. The van der Waals surface area contributed by atoms with Crippen molar-refractivity contribution in [1.82, 2.24) is 0 Å². The third-order valence-corrected chi connectivity index (χ3v) is 2.89. The second-order valence-corrected chi connectivity index (χ2v) is 4.68. The molecule has 0 spiro atoms. The molecular weight excluding hydrogens is 240 g/mol. The van der Waals surface area contributed by atoms with Crippen molar-refractivity contribution < 1.29 is 29.5 Å². The summed E-state index contributed by atoms with van der Waals surface area (Å²) in [5.41, 5.74) is 0. The molecule has 0 aromatic rings. The lowest BCUT2D eigenvalue weighted by atomic mass is 9.99. The van der Waals surface area contributed by atoms with Crippen molar-refractivity contribution >= 4 is 0 Å². The van der Waals surface area contributed by atoms with Crippen molar-refractivity contribution in [3.63, 3.8) is 0 Å². The van der Waals surface area contributed by atoms with E-state index in [1.165, 1.54) is 0 Å². The van der Waals surface area contributed by atoms with Gasteiger partial charge in [0.1, 0.15) is 30.5 Å². The molecule has 108 valence electrons. The molecule has 2 aliphatic rings. The molecule has 6 nitrogen and oxygen atoms in total. The van der Waals surface area contributed by atoms with Crippen LogP contribution in [0.15, 0.2) is 0 Å². The third-order valence-electron chi connectivity index (χ3n) is 2.89. The van der Waals surface area contributed by atoms with Crippen LogP contribution >= 0.6 is 0 Å². The van der Waals surface area contributed by atoms with E-state index in [4.69, 9.17) is 19.3 Å². The second kappa shape index (κ2) is 6.27. The molecule has 0 bridgehead atoms. The molecule has 0 aromatic heterocycles. The van der Waals surface area contributed by atoms with Crippen LogP contribution in [0.5, 0.6) is 0 Å². The Hall–Kier alpha value is -0.240. The fourth-order valence-electron chi connectivity index (χ4n) is 2.20. The lowest BCUT2D eigenvalue weighted by Gasteiger charge is -2.44. The van der Waals surface area contributed by atoms with Crippen LogP contribution in [-0.4, -0.2) is 64.8 Å². The molecule has 5 atom stereocenters. The summed E-state index contributed by atoms with van der Waals surface area (Å²) in [6.07, 6.45) is -3.50. The van der Waals surface area contributed by atoms with Gasteiger partial charge in [-0.1, -0.05) is 13.8 Å². The zero-order valence-electron chi connectivity index (χ0n) is 11.4. The average molecular weight is 264 g/mol. The Morgan fingerprint density at radius 3 is 2.39 bits per heavy atom. The van der Waals surface area contributed by atoms with E-state index in [0.29, 0.717) is 0 Å². The molecule has 6 heteroatoms. The lowest BCUT2D eigenvalue weighted by molar-refractivity contribution is -0.341. The molecule has 2 aliphatic heterocycles. The van der Waals surface area contributed by atoms with E-state index in [9.17, 15) is 10.2 Å². The van der Waals surface area contributed by atoms with Crippen LogP contribution in [0.1, 0.15) is 27.7 Å². The number of rotatable bonds is 2. The molecule has 2 saturated heterocycles. The summed E-state index contributed by atoms with van der Waals surface area (Å²) in [6, 6.07) is 0. The van der Waals surface area contributed by atoms with E-state index in [1.807, 2.05) is 13.8 Å². The van der Waals surface area contributed by atoms with Gasteiger partial charge in [-0.15, -0.1) is 0 Å². The molecule has 0 saturated carbocycles. The first-order chi connectivity index (χ1) is 8.44. The summed E-state index contributed by atoms with van der Waals surface area (Å²) >= 11 is 0. The smallest absolute Gasteiger partial charge is 0.164 e. The Balaban J connectivity index is 0.000000771. The number of hydrogen-bond donors (Lipinski definition) is 3. The maximum atomic E-state index is 9.68. The van der Waals surface area contributed by atoms with Crippen LogP contribution in [0.4, 0.5) is 0 Å². The Morgan fingerprint density at radius 1 is 1.22 bits per heavy atom. The van der Waals surface area contributed by atoms with Crippen molar-refractivity contribution in [3.05, 3.63) is 0 Å². The van der Waals surface area contributed by atoms with Gasteiger partial charge in [-0.05, 0) is 13.8 Å². The molecule has 0 amide bonds. The lowest BCUT2D eigenvalue weighted by Crippen LogP contribution is -2.59. The number of ether oxygens (including phenoxy) is 3. The molecule has 0 aromatic carbocycles. The first-order valence-electron chi connectivity index (χ1n) is 6.39. The maximum Gasteiger partial charge on any atom is 0.164 e. The van der Waals surface area contributed by atoms with E-state index in [1.54, 1.807) is 13.8 Å². The summed E-state index contributed by atoms with van der Waals surface area (Å²) in [5, 5.41) is 28.3. The number of fused-ring (bicyclic) bond motifs is 1. The van der Waals surface area contributed by atoms with Crippen molar-refractivity contribution in [3.8, 4) is 0 Å². The predicted molar refractivity (Wildman–Crippen MR) is 64.0 cm³/mol. The van der Waals surface area contributed by atoms with E-state index >= 15 is 0 Å². The van der Waals surface area contributed by atoms with Crippen LogP contribution in [0.2, 0.25) is 0 Å². The largest absolute Gasteiger partial charge is 0.394 e. The molecule has 0 radical (unpaired) electrons. The number of aliphatic hydroxyl groups excluding tert-OH is 3. The third kappa shape index (κ3) is 3.20. The van der Waals surface area contributed by atoms with Crippen molar-refractivity contribution in [2.24, 2.45) is 0 Å². The van der Waals surface area contributed by atoms with Gasteiger partial charge in [-0.2, -0.15) is 0 Å². The summed E-state index contributed by atoms with van der Waals surface area (Å²) < 4.78 is 16.4. The van der Waals surface area contributed by atoms with Crippen LogP contribution in [0.25, 0.3) is 0 Å². The van der Waals surface area contributed by atoms with Gasteiger partial charge < -0.3 is 29.5 Å². The van der Waals surface area contributed by atoms with Crippen molar-refractivity contribution in [2.75, 3.05) is 13.2 Å². The summed E-state index contributed by atoms with van der Waals surface area (Å²) in [5.74, 6) is -0.906. The van der Waals surface area contributed by atoms with Gasteiger partial charge in [0.2, 0.25) is 0 Å². The highest BCUT2D eigenvalue weighted by Gasteiger charge is 2.52. The van der Waals surface area contributed by atoms with Crippen LogP contribution in [0.3, 0.4) is 0 Å². The molecule has 2 rings (SSSR count). The standard InChI is InChI=1S/C10H18O6.C2H6/c1-10(2)15-7(5(12)3-11)9-8(16-10)6(13)4-14-9;1-2/h5-9,11-13H,3-4H2,1-2H3;1-2H3. The van der Waals surface area contributed by atoms with Crippen molar-refractivity contribution in [1.29, 1.82) is 0 Å². The Morgan fingerprint density at radius 2 is 1.83 bits per heavy atom. The molecule has 3 N–H and O–H groups in total. The zero-order chi connectivity index (χ0) is 13.9. The molecule has 5 unspecified atom stereocenters. The molecule has 18 heavy (non-hydrogen) atoms. The van der Waals surface area contributed by atoms with Crippen molar-refractivity contribution in [2.45, 2.75) is 64.0 Å². The highest BCUT2D eigenvalue weighted by molar-refractivity contribution is 4.97. The minimum absolute atomic E-state index is 0.156. The average Bonchev–Trinajstić information content (AvgIpc) is 2.70. The first kappa shape index (κ1) is 15.8. The van der Waals surface area contributed by atoms with Gasteiger partial charge in [0.25, 0.3) is 0 Å². The highest BCUT2D eigenvalue weighted by atomic mass is 16.7. The second-order valence-electron chi connectivity index (χ2n) is 4.68. The van der Waals surface area contributed by atoms with Gasteiger partial charge in [-0.25, -0.2) is 0 Å². The first-order valence-corrected chi connectivity index (χ1v) is 6.39. The summed E-state index contributed by atoms with van der Waals surface area (Å²) in [6.45, 7) is 7.14. The van der Waals surface area contributed by atoms with Gasteiger partial charge in [0.05, 0.1) is 13.2 Å². The fourth-order valence-corrected chi connectivity index (χ4v) is 2.20. The predicted octanol–water partition coefficient (Wildman–Crippen LogP) is -0.354. The summed E-state index contributed by atoms with van der Waals surface area (Å²) in [4.78, 5) is 0. The van der Waals surface area contributed by atoms with E-state index < -0.39 is 42.9 Å². The number of aliphatic hydroxyl groups is 3. The van der Waals surface area contributed by atoms with Gasteiger partial charge >= 0.3 is 0 Å². The quantitative estimate of drug-likeness (QED) is 0.631. The Labute approximate surface area is 107 Å². The normalized spacial score (nSPS) is 39.5. The topological polar surface area (TPSA) is 88.4 Å². The van der Waals surface area contributed by atoms with Crippen LogP contribution in [0, 0.1) is 0 Å². The molecular formula is C12H24O6. The molecule has 2 fully saturated rings. The summed E-state index contributed by atoms with van der Waals surface area (Å²) in [7, 11) is 0.